The van der Waals surface area contributed by atoms with Gasteiger partial charge in [-0.3, -0.25) is 14.5 Å². The lowest BCUT2D eigenvalue weighted by atomic mass is 9.96. The number of nitrogens with one attached hydrogen (secondary N) is 2. The molecule has 1 fully saturated rings. The second-order valence-corrected chi connectivity index (χ2v) is 9.29. The number of carbonyl (C=O) groups is 3. The van der Waals surface area contributed by atoms with Crippen LogP contribution in [0.4, 0.5) is 4.79 Å². The van der Waals surface area contributed by atoms with Gasteiger partial charge in [0.15, 0.2) is 0 Å². The lowest BCUT2D eigenvalue weighted by Crippen LogP contribution is -2.48. The SMILES string of the molecule is CCOc1ccc(Cl)cc1CC1CNC(=O)CN(C(=O)NC(CC(C)C)c2ccccc2)C1=O. The minimum absolute atomic E-state index is 0.133. The molecule has 1 aliphatic rings. The Labute approximate surface area is 205 Å². The fourth-order valence-electron chi connectivity index (χ4n) is 4.08. The number of imide groups is 1. The Hall–Kier alpha value is -3.06. The van der Waals surface area contributed by atoms with Crippen molar-refractivity contribution >= 4 is 29.4 Å². The molecule has 0 saturated carbocycles. The first-order valence-electron chi connectivity index (χ1n) is 11.6. The summed E-state index contributed by atoms with van der Waals surface area (Å²) in [5, 5.41) is 6.26. The molecule has 3 rings (SSSR count). The second kappa shape index (κ2) is 11.9. The van der Waals surface area contributed by atoms with Crippen molar-refractivity contribution < 1.29 is 19.1 Å². The van der Waals surface area contributed by atoms with E-state index in [1.54, 1.807) is 18.2 Å². The largest absolute Gasteiger partial charge is 0.494 e. The first-order chi connectivity index (χ1) is 16.3. The average Bonchev–Trinajstić information content (AvgIpc) is 2.94. The molecule has 7 nitrogen and oxygen atoms in total. The van der Waals surface area contributed by atoms with Gasteiger partial charge in [0.05, 0.1) is 18.6 Å². The van der Waals surface area contributed by atoms with Gasteiger partial charge in [0, 0.05) is 11.6 Å². The summed E-state index contributed by atoms with van der Waals surface area (Å²) in [5.74, 6) is -0.458. The average molecular weight is 486 g/mol. The van der Waals surface area contributed by atoms with Crippen LogP contribution >= 0.6 is 11.6 Å². The molecule has 0 bridgehead atoms. The Morgan fingerprint density at radius 1 is 1.21 bits per heavy atom. The standard InChI is InChI=1S/C26H32ClN3O4/c1-4-34-23-11-10-21(27)14-19(23)13-20-15-28-24(31)16-30(25(20)32)26(33)29-22(12-17(2)3)18-8-6-5-7-9-18/h5-11,14,17,20,22H,4,12-13,15-16H2,1-3H3,(H,28,31)(H,29,33). The van der Waals surface area contributed by atoms with Crippen molar-refractivity contribution in [3.05, 3.63) is 64.7 Å². The number of hydrogen-bond donors (Lipinski definition) is 2. The van der Waals surface area contributed by atoms with E-state index in [0.717, 1.165) is 16.0 Å². The summed E-state index contributed by atoms with van der Waals surface area (Å²) in [7, 11) is 0. The zero-order valence-corrected chi connectivity index (χ0v) is 20.6. The van der Waals surface area contributed by atoms with Gasteiger partial charge in [0.25, 0.3) is 0 Å². The Morgan fingerprint density at radius 3 is 2.62 bits per heavy atom. The number of carbonyl (C=O) groups excluding carboxylic acids is 3. The monoisotopic (exact) mass is 485 g/mol. The molecule has 182 valence electrons. The number of amides is 4. The van der Waals surface area contributed by atoms with Crippen LogP contribution in [0.3, 0.4) is 0 Å². The lowest BCUT2D eigenvalue weighted by Gasteiger charge is -2.27. The number of urea groups is 1. The van der Waals surface area contributed by atoms with Gasteiger partial charge in [0.1, 0.15) is 12.3 Å². The normalized spacial score (nSPS) is 17.2. The summed E-state index contributed by atoms with van der Waals surface area (Å²) in [6.45, 7) is 6.30. The van der Waals surface area contributed by atoms with Gasteiger partial charge in [-0.05, 0) is 55.0 Å². The summed E-state index contributed by atoms with van der Waals surface area (Å²) in [4.78, 5) is 40.1. The van der Waals surface area contributed by atoms with E-state index < -0.39 is 17.9 Å². The maximum atomic E-state index is 13.4. The van der Waals surface area contributed by atoms with Crippen LogP contribution < -0.4 is 15.4 Å². The van der Waals surface area contributed by atoms with Gasteiger partial charge in [-0.2, -0.15) is 0 Å². The van der Waals surface area contributed by atoms with Crippen LogP contribution in [0.5, 0.6) is 5.75 Å². The number of halogens is 1. The van der Waals surface area contributed by atoms with Gasteiger partial charge < -0.3 is 15.4 Å². The molecule has 2 aromatic carbocycles. The topological polar surface area (TPSA) is 87.7 Å². The first-order valence-corrected chi connectivity index (χ1v) is 12.0. The fraction of sp³-hybridized carbons (Fsp3) is 0.423. The summed E-state index contributed by atoms with van der Waals surface area (Å²) < 4.78 is 5.68. The third-order valence-corrected chi connectivity index (χ3v) is 5.94. The molecule has 2 N–H and O–H groups in total. The molecule has 1 heterocycles. The molecule has 2 unspecified atom stereocenters. The molecule has 0 spiro atoms. The van der Waals surface area contributed by atoms with Crippen molar-refractivity contribution in [2.75, 3.05) is 19.7 Å². The minimum Gasteiger partial charge on any atom is -0.494 e. The van der Waals surface area contributed by atoms with E-state index in [2.05, 4.69) is 24.5 Å². The molecule has 2 aromatic rings. The van der Waals surface area contributed by atoms with Crippen molar-refractivity contribution in [2.45, 2.75) is 39.7 Å². The molecular formula is C26H32ClN3O4. The zero-order valence-electron chi connectivity index (χ0n) is 19.8. The van der Waals surface area contributed by atoms with E-state index in [-0.39, 0.29) is 31.5 Å². The first kappa shape index (κ1) is 25.6. The van der Waals surface area contributed by atoms with Gasteiger partial charge in [0.2, 0.25) is 11.8 Å². The number of benzene rings is 2. The van der Waals surface area contributed by atoms with Crippen LogP contribution in [-0.2, 0) is 16.0 Å². The maximum absolute atomic E-state index is 13.4. The molecule has 0 radical (unpaired) electrons. The third kappa shape index (κ3) is 6.73. The van der Waals surface area contributed by atoms with E-state index >= 15 is 0 Å². The summed E-state index contributed by atoms with van der Waals surface area (Å²) in [6, 6.07) is 14.0. The number of ether oxygens (including phenoxy) is 1. The van der Waals surface area contributed by atoms with Crippen LogP contribution in [0.15, 0.2) is 48.5 Å². The predicted molar refractivity (Wildman–Crippen MR) is 132 cm³/mol. The molecule has 0 aromatic heterocycles. The van der Waals surface area contributed by atoms with Crippen molar-refractivity contribution in [1.29, 1.82) is 0 Å². The second-order valence-electron chi connectivity index (χ2n) is 8.86. The maximum Gasteiger partial charge on any atom is 0.325 e. The van der Waals surface area contributed by atoms with E-state index in [9.17, 15) is 14.4 Å². The van der Waals surface area contributed by atoms with E-state index in [0.29, 0.717) is 29.7 Å². The number of hydrogen-bond acceptors (Lipinski definition) is 4. The highest BCUT2D eigenvalue weighted by atomic mass is 35.5. The summed E-state index contributed by atoms with van der Waals surface area (Å²) in [6.07, 6.45) is 0.987. The minimum atomic E-state index is -0.629. The van der Waals surface area contributed by atoms with Crippen LogP contribution in [0.1, 0.15) is 44.4 Å². The van der Waals surface area contributed by atoms with Crippen LogP contribution in [0.25, 0.3) is 0 Å². The molecule has 8 heteroatoms. The Morgan fingerprint density at radius 2 is 1.94 bits per heavy atom. The highest BCUT2D eigenvalue weighted by molar-refractivity contribution is 6.30. The fourth-order valence-corrected chi connectivity index (χ4v) is 4.28. The van der Waals surface area contributed by atoms with Gasteiger partial charge in [-0.1, -0.05) is 55.8 Å². The van der Waals surface area contributed by atoms with Crippen molar-refractivity contribution in [3.8, 4) is 5.75 Å². The molecule has 1 aliphatic heterocycles. The Kier molecular flexibility index (Phi) is 8.93. The molecule has 0 aliphatic carbocycles. The highest BCUT2D eigenvalue weighted by Gasteiger charge is 2.35. The van der Waals surface area contributed by atoms with Gasteiger partial charge in [-0.25, -0.2) is 4.79 Å². The Balaban J connectivity index is 1.82. The van der Waals surface area contributed by atoms with Gasteiger partial charge in [-0.15, -0.1) is 0 Å². The van der Waals surface area contributed by atoms with Crippen LogP contribution in [0.2, 0.25) is 5.02 Å². The predicted octanol–water partition coefficient (Wildman–Crippen LogP) is 4.35. The van der Waals surface area contributed by atoms with Crippen molar-refractivity contribution in [3.63, 3.8) is 0 Å². The molecule has 2 atom stereocenters. The lowest BCUT2D eigenvalue weighted by molar-refractivity contribution is -0.133. The van der Waals surface area contributed by atoms with Crippen molar-refractivity contribution in [1.82, 2.24) is 15.5 Å². The van der Waals surface area contributed by atoms with Gasteiger partial charge >= 0.3 is 6.03 Å². The quantitative estimate of drug-likeness (QED) is 0.581. The Bertz CT molecular complexity index is 1010. The molecule has 1 saturated heterocycles. The molecule has 34 heavy (non-hydrogen) atoms. The number of rotatable bonds is 8. The van der Waals surface area contributed by atoms with Crippen LogP contribution in [0, 0.1) is 11.8 Å². The summed E-state index contributed by atoms with van der Waals surface area (Å²) in [5.41, 5.74) is 1.71. The van der Waals surface area contributed by atoms with E-state index in [1.807, 2.05) is 37.3 Å². The smallest absolute Gasteiger partial charge is 0.325 e. The van der Waals surface area contributed by atoms with E-state index in [4.69, 9.17) is 16.3 Å². The molecule has 4 amide bonds. The third-order valence-electron chi connectivity index (χ3n) is 5.70. The zero-order chi connectivity index (χ0) is 24.7. The van der Waals surface area contributed by atoms with E-state index in [1.165, 1.54) is 0 Å². The number of nitrogens with zero attached hydrogens (tertiary/aromatic N) is 1. The summed E-state index contributed by atoms with van der Waals surface area (Å²) >= 11 is 6.18. The van der Waals surface area contributed by atoms with Crippen molar-refractivity contribution in [2.24, 2.45) is 11.8 Å². The van der Waals surface area contributed by atoms with Crippen LogP contribution in [-0.4, -0.2) is 42.4 Å². The highest BCUT2D eigenvalue weighted by Crippen LogP contribution is 2.27. The molecular weight excluding hydrogens is 454 g/mol.